The predicted molar refractivity (Wildman–Crippen MR) is 26.0 cm³/mol. The highest BCUT2D eigenvalue weighted by Crippen LogP contribution is 2.06. The smallest absolute Gasteiger partial charge is 0.286 e. The predicted octanol–water partition coefficient (Wildman–Crippen LogP) is -0.0306. The van der Waals surface area contributed by atoms with Gasteiger partial charge in [0.1, 0.15) is 0 Å². The Morgan fingerprint density at radius 3 is 2.71 bits per heavy atom. The number of rotatable bonds is 0. The Morgan fingerprint density at radius 1 is 1.86 bits per heavy atom. The Labute approximate surface area is 47.3 Å². The van der Waals surface area contributed by atoms with Crippen molar-refractivity contribution in [3.8, 4) is 0 Å². The molecule has 2 amide bonds. The molecule has 7 heavy (non-hydrogen) atoms. The Bertz CT molecular complexity index is 181. The lowest BCUT2D eigenvalue weighted by molar-refractivity contribution is -0.117. The van der Waals surface area contributed by atoms with Crippen LogP contribution in [0.5, 0.6) is 0 Å². The second kappa shape index (κ2) is 1.54. The van der Waals surface area contributed by atoms with E-state index in [1.807, 2.05) is 5.32 Å². The van der Waals surface area contributed by atoms with E-state index in [1.165, 1.54) is 0 Å². The summed E-state index contributed by atoms with van der Waals surface area (Å²) < 4.78 is 13.6. The lowest BCUT2D eigenvalue weighted by atomic mass is 10.7. The first-order valence-electron chi connectivity index (χ1n) is 2.57. The second-order valence-electron chi connectivity index (χ2n) is 0.946. The molecule has 0 bridgehead atoms. The lowest BCUT2D eigenvalue weighted by Crippen LogP contribution is -2.18. The number of hydrogen-bond acceptors (Lipinski definition) is 3. The molecule has 0 radical (unpaired) electrons. The molecule has 1 aliphatic heterocycles. The molecule has 1 heterocycles. The summed E-state index contributed by atoms with van der Waals surface area (Å²) in [7, 11) is 0. The summed E-state index contributed by atoms with van der Waals surface area (Å²) in [4.78, 5) is 20.6. The number of thioether (sulfide) groups is 1. The third-order valence-corrected chi connectivity index (χ3v) is 1.03. The zero-order chi connectivity index (χ0) is 7.07. The van der Waals surface area contributed by atoms with Gasteiger partial charge in [0.2, 0.25) is 5.91 Å². The highest BCUT2D eigenvalue weighted by atomic mass is 32.2. The minimum Gasteiger partial charge on any atom is -0.286 e. The van der Waals surface area contributed by atoms with Crippen molar-refractivity contribution in [1.82, 2.24) is 5.32 Å². The molecule has 0 spiro atoms. The van der Waals surface area contributed by atoms with Crippen LogP contribution in [0.3, 0.4) is 0 Å². The van der Waals surface area contributed by atoms with Crippen LogP contribution in [-0.2, 0) is 4.79 Å². The Morgan fingerprint density at radius 2 is 2.57 bits per heavy atom. The summed E-state index contributed by atoms with van der Waals surface area (Å²) in [6, 6.07) is 0. The maximum absolute atomic E-state index is 10.4. The van der Waals surface area contributed by atoms with E-state index >= 15 is 0 Å². The van der Waals surface area contributed by atoms with E-state index in [0.29, 0.717) is 11.8 Å². The van der Waals surface area contributed by atoms with Crippen LogP contribution < -0.4 is 5.32 Å². The van der Waals surface area contributed by atoms with Crippen LogP contribution in [0, 0.1) is 0 Å². The van der Waals surface area contributed by atoms with Gasteiger partial charge >= 0.3 is 0 Å². The van der Waals surface area contributed by atoms with Crippen molar-refractivity contribution < 1.29 is 12.3 Å². The molecule has 0 saturated carbocycles. The van der Waals surface area contributed by atoms with Crippen molar-refractivity contribution >= 4 is 22.9 Å². The van der Waals surface area contributed by atoms with Crippen LogP contribution in [0.2, 0.25) is 0 Å². The SMILES string of the molecule is [2H]C1([2H])SC(=O)NC1=O. The maximum atomic E-state index is 10.4. The molecule has 1 aliphatic rings. The van der Waals surface area contributed by atoms with Crippen LogP contribution in [0.4, 0.5) is 4.79 Å². The molecule has 1 saturated heterocycles. The van der Waals surface area contributed by atoms with Crippen molar-refractivity contribution in [1.29, 1.82) is 0 Å². The van der Waals surface area contributed by atoms with E-state index in [4.69, 9.17) is 2.74 Å². The van der Waals surface area contributed by atoms with Gasteiger partial charge in [0.05, 0.1) is 5.70 Å². The molecule has 3 nitrogen and oxygen atoms in total. The van der Waals surface area contributed by atoms with E-state index in [2.05, 4.69) is 0 Å². The van der Waals surface area contributed by atoms with Crippen LogP contribution in [-0.4, -0.2) is 16.9 Å². The summed E-state index contributed by atoms with van der Waals surface area (Å²) in [5, 5.41) is 1.20. The van der Waals surface area contributed by atoms with Gasteiger partial charge in [-0.1, -0.05) is 11.8 Å². The minimum atomic E-state index is -2.06. The van der Waals surface area contributed by atoms with Gasteiger partial charge in [0, 0.05) is 2.74 Å². The number of carbonyl (C=O) groups excluding carboxylic acids is 2. The van der Waals surface area contributed by atoms with E-state index in [1.54, 1.807) is 0 Å². The Kier molecular flexibility index (Phi) is 0.595. The molecule has 0 aromatic carbocycles. The molecule has 1 N–H and O–H groups in total. The Hall–Kier alpha value is -0.510. The third-order valence-electron chi connectivity index (χ3n) is 0.452. The fourth-order valence-electron chi connectivity index (χ4n) is 0.236. The minimum absolute atomic E-state index is 0.365. The average molecular weight is 119 g/mol. The van der Waals surface area contributed by atoms with Crippen LogP contribution in [0.1, 0.15) is 2.74 Å². The first kappa shape index (κ1) is 2.71. The molecular weight excluding hydrogens is 114 g/mol. The van der Waals surface area contributed by atoms with Crippen LogP contribution in [0.25, 0.3) is 0 Å². The van der Waals surface area contributed by atoms with Gasteiger partial charge < -0.3 is 0 Å². The maximum Gasteiger partial charge on any atom is 0.286 e. The van der Waals surface area contributed by atoms with Crippen molar-refractivity contribution in [2.24, 2.45) is 0 Å². The first-order chi connectivity index (χ1) is 4.02. The topological polar surface area (TPSA) is 46.2 Å². The normalized spacial score (nSPS) is 31.4. The first-order valence-corrected chi connectivity index (χ1v) is 2.38. The Balaban J connectivity index is 2.81. The number of carbonyl (C=O) groups is 2. The van der Waals surface area contributed by atoms with Crippen molar-refractivity contribution in [3.63, 3.8) is 0 Å². The monoisotopic (exact) mass is 119 g/mol. The summed E-state index contributed by atoms with van der Waals surface area (Å²) >= 11 is 0.365. The summed E-state index contributed by atoms with van der Waals surface area (Å²) in [5.74, 6) is -0.863. The highest BCUT2D eigenvalue weighted by molar-refractivity contribution is 8.14. The van der Waals surface area contributed by atoms with Crippen molar-refractivity contribution in [2.45, 2.75) is 0 Å². The zero-order valence-electron chi connectivity index (χ0n) is 5.22. The quantitative estimate of drug-likeness (QED) is 0.487. The molecule has 4 heteroatoms. The molecule has 38 valence electrons. The summed E-state index contributed by atoms with van der Waals surface area (Å²) in [5.41, 5.74) is -2.06. The van der Waals surface area contributed by atoms with Crippen molar-refractivity contribution in [2.75, 3.05) is 5.70 Å². The molecule has 1 rings (SSSR count). The molecule has 0 atom stereocenters. The summed E-state index contributed by atoms with van der Waals surface area (Å²) in [6.07, 6.45) is 0. The number of hydrogen-bond donors (Lipinski definition) is 1. The van der Waals surface area contributed by atoms with Crippen LogP contribution >= 0.6 is 11.8 Å². The average Bonchev–Trinajstić information content (AvgIpc) is 1.79. The van der Waals surface area contributed by atoms with Gasteiger partial charge in [0.15, 0.2) is 0 Å². The van der Waals surface area contributed by atoms with Gasteiger partial charge in [-0.2, -0.15) is 0 Å². The highest BCUT2D eigenvalue weighted by Gasteiger charge is 2.16. The third kappa shape index (κ3) is 0.928. The fourth-order valence-corrected chi connectivity index (χ4v) is 0.617. The lowest BCUT2D eigenvalue weighted by Gasteiger charge is -1.77. The molecule has 1 fully saturated rings. The van der Waals surface area contributed by atoms with Gasteiger partial charge in [-0.25, -0.2) is 0 Å². The fraction of sp³-hybridized carbons (Fsp3) is 0.333. The van der Waals surface area contributed by atoms with E-state index < -0.39 is 16.9 Å². The van der Waals surface area contributed by atoms with E-state index in [0.717, 1.165) is 0 Å². The van der Waals surface area contributed by atoms with Gasteiger partial charge in [0.25, 0.3) is 5.24 Å². The van der Waals surface area contributed by atoms with Crippen molar-refractivity contribution in [3.05, 3.63) is 0 Å². The second-order valence-corrected chi connectivity index (χ2v) is 1.72. The molecule has 0 aromatic heterocycles. The van der Waals surface area contributed by atoms with E-state index in [-0.39, 0.29) is 0 Å². The van der Waals surface area contributed by atoms with E-state index in [9.17, 15) is 9.59 Å². The van der Waals surface area contributed by atoms with Crippen LogP contribution in [0.15, 0.2) is 0 Å². The number of amides is 2. The molecule has 0 unspecified atom stereocenters. The number of imide groups is 1. The largest absolute Gasteiger partial charge is 0.286 e. The zero-order valence-corrected chi connectivity index (χ0v) is 4.04. The molecule has 0 aliphatic carbocycles. The number of nitrogens with one attached hydrogen (secondary N) is 1. The van der Waals surface area contributed by atoms with Gasteiger partial charge in [-0.3, -0.25) is 14.9 Å². The standard InChI is InChI=1S/C3H3NO2S/c5-2-1-7-3(6)4-2/h1H2,(H,4,5,6)/i1D2. The summed E-state index contributed by atoms with van der Waals surface area (Å²) in [6.45, 7) is 0. The molecular formula is C3H3NO2S. The van der Waals surface area contributed by atoms with Gasteiger partial charge in [-0.15, -0.1) is 0 Å². The van der Waals surface area contributed by atoms with Gasteiger partial charge in [-0.05, 0) is 0 Å². The molecule has 0 aromatic rings.